The number of nitrogens with two attached hydrogens (primary N) is 1. The van der Waals surface area contributed by atoms with Crippen LogP contribution in [0.3, 0.4) is 0 Å². The van der Waals surface area contributed by atoms with Gasteiger partial charge in [0.2, 0.25) is 0 Å². The molecule has 1 aromatic rings. The summed E-state index contributed by atoms with van der Waals surface area (Å²) in [6.45, 7) is 0.0954. The minimum atomic E-state index is -0.171. The molecule has 21 heavy (non-hydrogen) atoms. The first-order valence-electron chi connectivity index (χ1n) is 5.70. The summed E-state index contributed by atoms with van der Waals surface area (Å²) in [5.41, 5.74) is 9.30. The van der Waals surface area contributed by atoms with Crippen LogP contribution in [-0.4, -0.2) is 17.2 Å². The van der Waals surface area contributed by atoms with Gasteiger partial charge in [0.05, 0.1) is 30.1 Å². The van der Waals surface area contributed by atoms with E-state index in [0.29, 0.717) is 11.3 Å². The van der Waals surface area contributed by atoms with Crippen LogP contribution in [-0.2, 0) is 6.54 Å². The number of hydrogen-bond acceptors (Lipinski definition) is 7. The quantitative estimate of drug-likeness (QED) is 0.172. The van der Waals surface area contributed by atoms with Crippen molar-refractivity contribution in [3.63, 3.8) is 0 Å². The van der Waals surface area contributed by atoms with Gasteiger partial charge in [-0.2, -0.15) is 5.26 Å². The van der Waals surface area contributed by atoms with E-state index in [0.717, 1.165) is 0 Å². The van der Waals surface area contributed by atoms with E-state index in [1.807, 2.05) is 6.07 Å². The van der Waals surface area contributed by atoms with Crippen molar-refractivity contribution in [2.75, 3.05) is 6.54 Å². The molecule has 1 aromatic heterocycles. The van der Waals surface area contributed by atoms with Crippen LogP contribution in [0.25, 0.3) is 10.4 Å². The van der Waals surface area contributed by atoms with Gasteiger partial charge < -0.3 is 16.6 Å². The molecule has 0 aliphatic carbocycles. The second kappa shape index (κ2) is 8.63. The normalized spacial score (nSPS) is 10.7. The van der Waals surface area contributed by atoms with Crippen molar-refractivity contribution >= 4 is 5.71 Å². The van der Waals surface area contributed by atoms with Gasteiger partial charge in [-0.3, -0.25) is 4.98 Å². The van der Waals surface area contributed by atoms with Crippen molar-refractivity contribution in [1.82, 2.24) is 10.3 Å². The molecule has 0 bridgehead atoms. The van der Waals surface area contributed by atoms with Gasteiger partial charge >= 0.3 is 0 Å². The van der Waals surface area contributed by atoms with Crippen LogP contribution in [0.1, 0.15) is 11.3 Å². The highest BCUT2D eigenvalue weighted by Gasteiger charge is 2.05. The lowest BCUT2D eigenvalue weighted by atomic mass is 10.2. The van der Waals surface area contributed by atoms with Gasteiger partial charge in [-0.05, 0) is 17.7 Å². The van der Waals surface area contributed by atoms with Gasteiger partial charge in [0.1, 0.15) is 11.8 Å². The molecule has 1 rings (SSSR count). The summed E-state index contributed by atoms with van der Waals surface area (Å²) in [5, 5.41) is 29.4. The average Bonchev–Trinajstić information content (AvgIpc) is 2.52. The van der Waals surface area contributed by atoms with Gasteiger partial charge in [-0.25, -0.2) is 0 Å². The lowest BCUT2D eigenvalue weighted by Crippen LogP contribution is -2.12. The van der Waals surface area contributed by atoms with Crippen LogP contribution in [0.4, 0.5) is 0 Å². The Morgan fingerprint density at radius 1 is 1.67 bits per heavy atom. The molecule has 0 saturated heterocycles. The number of rotatable bonds is 7. The van der Waals surface area contributed by atoms with E-state index in [9.17, 15) is 0 Å². The summed E-state index contributed by atoms with van der Waals surface area (Å²) in [7, 11) is 0. The molecule has 0 unspecified atom stereocenters. The number of pyridine rings is 1. The number of nitriles is 1. The van der Waals surface area contributed by atoms with E-state index in [1.54, 1.807) is 18.3 Å². The smallest absolute Gasteiger partial charge is 0.124 e. The number of aromatic nitrogens is 1. The number of nitrogens with zero attached hydrogens (tertiary/aromatic N) is 7. The highest BCUT2D eigenvalue weighted by Crippen LogP contribution is 2.04. The predicted molar refractivity (Wildman–Crippen MR) is 74.7 cm³/mol. The maximum atomic E-state index is 8.93. The second-order valence-corrected chi connectivity index (χ2v) is 3.60. The van der Waals surface area contributed by atoms with Crippen LogP contribution in [0.15, 0.2) is 45.7 Å². The van der Waals surface area contributed by atoms with Gasteiger partial charge in [-0.1, -0.05) is 10.3 Å². The van der Waals surface area contributed by atoms with Crippen molar-refractivity contribution < 1.29 is 0 Å². The van der Waals surface area contributed by atoms with Crippen LogP contribution in [0, 0.1) is 16.7 Å². The molecule has 106 valence electrons. The fourth-order valence-electron chi connectivity index (χ4n) is 1.35. The lowest BCUT2D eigenvalue weighted by molar-refractivity contribution is 0.823. The molecule has 10 nitrogen and oxygen atoms in total. The predicted octanol–water partition coefficient (Wildman–Crippen LogP) is 1.54. The van der Waals surface area contributed by atoms with Gasteiger partial charge in [-0.15, -0.1) is 5.11 Å². The van der Waals surface area contributed by atoms with E-state index in [1.165, 1.54) is 6.20 Å². The lowest BCUT2D eigenvalue weighted by Gasteiger charge is -2.04. The molecule has 0 saturated carbocycles. The molecule has 1 heterocycles. The Hall–Kier alpha value is -3.44. The molecular weight excluding hydrogens is 272 g/mol. The Balaban J connectivity index is 2.77. The maximum Gasteiger partial charge on any atom is 0.124 e. The molecule has 0 radical (unpaired) electrons. The largest absolute Gasteiger partial charge is 0.383 e. The molecule has 10 heteroatoms. The number of azide groups is 1. The Kier molecular flexibility index (Phi) is 6.41. The molecule has 0 aliphatic heterocycles. The van der Waals surface area contributed by atoms with Gasteiger partial charge in [0.25, 0.3) is 0 Å². The van der Waals surface area contributed by atoms with Crippen molar-refractivity contribution in [3.8, 4) is 6.07 Å². The highest BCUT2D eigenvalue weighted by molar-refractivity contribution is 5.98. The first kappa shape index (κ1) is 15.6. The Labute approximate surface area is 120 Å². The Morgan fingerprint density at radius 2 is 2.48 bits per heavy atom. The highest BCUT2D eigenvalue weighted by atomic mass is 15.3. The Morgan fingerprint density at radius 3 is 3.14 bits per heavy atom. The first-order valence-corrected chi connectivity index (χ1v) is 5.70. The summed E-state index contributed by atoms with van der Waals surface area (Å²) in [6.07, 6.45) is 2.97. The monoisotopic (exact) mass is 284 g/mol. The van der Waals surface area contributed by atoms with E-state index in [2.05, 4.69) is 30.7 Å². The van der Waals surface area contributed by atoms with Gasteiger partial charge in [0, 0.05) is 17.3 Å². The molecule has 0 aromatic carbocycles. The molecule has 0 aliphatic rings. The van der Waals surface area contributed by atoms with Crippen LogP contribution >= 0.6 is 0 Å². The third kappa shape index (κ3) is 4.98. The van der Waals surface area contributed by atoms with E-state index >= 15 is 0 Å². The van der Waals surface area contributed by atoms with Crippen LogP contribution < -0.4 is 11.2 Å². The molecular formula is C11H12N10. The molecule has 0 fully saturated rings. The SMILES string of the molecule is N#Cc1cccnc1CN/C=C(/N=NN)C(=N)CN=[N+]=[N-]. The molecule has 4 N–H and O–H groups in total. The third-order valence-electron chi connectivity index (χ3n) is 2.29. The van der Waals surface area contributed by atoms with Gasteiger partial charge in [0.15, 0.2) is 0 Å². The Bertz CT molecular complexity index is 647. The minimum Gasteiger partial charge on any atom is -0.383 e. The van der Waals surface area contributed by atoms with Crippen LogP contribution in [0.5, 0.6) is 0 Å². The second-order valence-electron chi connectivity index (χ2n) is 3.60. The third-order valence-corrected chi connectivity index (χ3v) is 2.29. The first-order chi connectivity index (χ1) is 10.2. The van der Waals surface area contributed by atoms with Crippen molar-refractivity contribution in [2.45, 2.75) is 6.54 Å². The zero-order valence-electron chi connectivity index (χ0n) is 10.9. The summed E-state index contributed by atoms with van der Waals surface area (Å²) < 4.78 is 0. The average molecular weight is 284 g/mol. The van der Waals surface area contributed by atoms with E-state index in [-0.39, 0.29) is 24.5 Å². The maximum absolute atomic E-state index is 8.93. The standard InChI is InChI=1S/C11H12N10/c12-4-8-2-1-3-17-10(8)6-16-7-11(19-21-15)9(13)5-18-20-14/h1-3,7,13,16H,5-6H2,(H2,15,19)/b11-7+,13-9?. The zero-order valence-corrected chi connectivity index (χ0v) is 10.9. The van der Waals surface area contributed by atoms with Crippen molar-refractivity contribution in [3.05, 3.63) is 51.9 Å². The summed E-state index contributed by atoms with van der Waals surface area (Å²) in [5.74, 6) is 4.96. The molecule has 0 amide bonds. The fourth-order valence-corrected chi connectivity index (χ4v) is 1.35. The van der Waals surface area contributed by atoms with Crippen molar-refractivity contribution in [2.24, 2.45) is 21.3 Å². The van der Waals surface area contributed by atoms with E-state index < -0.39 is 0 Å². The number of nitrogens with one attached hydrogen (secondary N) is 2. The summed E-state index contributed by atoms with van der Waals surface area (Å²) >= 11 is 0. The van der Waals surface area contributed by atoms with Crippen LogP contribution in [0.2, 0.25) is 0 Å². The minimum absolute atomic E-state index is 0.0453. The molecule has 0 spiro atoms. The zero-order chi connectivity index (χ0) is 15.5. The summed E-state index contributed by atoms with van der Waals surface area (Å²) in [6, 6.07) is 5.35. The van der Waals surface area contributed by atoms with Crippen molar-refractivity contribution in [1.29, 1.82) is 10.7 Å². The van der Waals surface area contributed by atoms with E-state index in [4.69, 9.17) is 22.0 Å². The molecule has 0 atom stereocenters. The topological polar surface area (TPSA) is 172 Å². The summed E-state index contributed by atoms with van der Waals surface area (Å²) in [4.78, 5) is 6.63. The fraction of sp³-hybridized carbons (Fsp3) is 0.182. The number of hydrogen-bond donors (Lipinski definition) is 3.